The summed E-state index contributed by atoms with van der Waals surface area (Å²) in [7, 11) is 0. The van der Waals surface area contributed by atoms with Crippen LogP contribution in [0.15, 0.2) is 70.1 Å². The summed E-state index contributed by atoms with van der Waals surface area (Å²) in [6.07, 6.45) is 3.28. The molecule has 0 fully saturated rings. The Labute approximate surface area is 233 Å². The minimum absolute atomic E-state index is 0.198. The van der Waals surface area contributed by atoms with Gasteiger partial charge in [0.15, 0.2) is 10.6 Å². The number of aromatic nitrogens is 1. The van der Waals surface area contributed by atoms with Crippen LogP contribution in [-0.4, -0.2) is 30.4 Å². The van der Waals surface area contributed by atoms with E-state index in [1.165, 1.54) is 15.9 Å². The second-order valence-electron chi connectivity index (χ2n) is 8.22. The third kappa shape index (κ3) is 5.57. The fourth-order valence-electron chi connectivity index (χ4n) is 4.11. The standard InChI is InChI=1S/C28H26Cl2N2O5S/c1-5-12-37-25-20(29)13-17(14-21(25)30)15-22-26(33)32-24(18-8-10-19(11-9-18)35-6-2)23(27(34)36-7-3)16(4)31-28(32)38-22/h5,8-11,13-15,24H,1,6-7,12H2,2-4H3/t24-/m1/s1. The smallest absolute Gasteiger partial charge is 0.338 e. The van der Waals surface area contributed by atoms with Gasteiger partial charge in [-0.1, -0.05) is 59.3 Å². The minimum Gasteiger partial charge on any atom is -0.494 e. The van der Waals surface area contributed by atoms with Gasteiger partial charge in [-0.15, -0.1) is 0 Å². The zero-order chi connectivity index (χ0) is 27.4. The number of hydrogen-bond acceptors (Lipinski definition) is 7. The Morgan fingerprint density at radius 2 is 1.82 bits per heavy atom. The predicted octanol–water partition coefficient (Wildman–Crippen LogP) is 5.07. The fourth-order valence-corrected chi connectivity index (χ4v) is 5.77. The largest absolute Gasteiger partial charge is 0.494 e. The molecule has 3 aromatic rings. The van der Waals surface area contributed by atoms with Crippen molar-refractivity contribution in [2.75, 3.05) is 19.8 Å². The van der Waals surface area contributed by atoms with Gasteiger partial charge >= 0.3 is 5.97 Å². The van der Waals surface area contributed by atoms with Crippen molar-refractivity contribution in [2.24, 2.45) is 4.99 Å². The summed E-state index contributed by atoms with van der Waals surface area (Å²) < 4.78 is 18.4. The number of esters is 1. The molecule has 1 aliphatic heterocycles. The minimum atomic E-state index is -0.718. The number of halogens is 2. The van der Waals surface area contributed by atoms with Gasteiger partial charge in [-0.05, 0) is 62.2 Å². The molecule has 10 heteroatoms. The van der Waals surface area contributed by atoms with E-state index >= 15 is 0 Å². The number of benzene rings is 2. The quantitative estimate of drug-likeness (QED) is 0.264. The van der Waals surface area contributed by atoms with E-state index in [1.807, 2.05) is 31.2 Å². The van der Waals surface area contributed by atoms with Crippen molar-refractivity contribution in [3.8, 4) is 11.5 Å². The van der Waals surface area contributed by atoms with E-state index in [0.717, 1.165) is 5.56 Å². The third-order valence-corrected chi connectivity index (χ3v) is 7.23. The highest BCUT2D eigenvalue weighted by atomic mass is 35.5. The van der Waals surface area contributed by atoms with Crippen molar-refractivity contribution in [3.63, 3.8) is 0 Å². The lowest BCUT2D eigenvalue weighted by atomic mass is 9.96. The molecule has 0 spiro atoms. The van der Waals surface area contributed by atoms with Gasteiger partial charge in [0.2, 0.25) is 0 Å². The zero-order valence-corrected chi connectivity index (χ0v) is 23.5. The van der Waals surface area contributed by atoms with Crippen molar-refractivity contribution >= 4 is 46.6 Å². The molecule has 1 atom stereocenters. The van der Waals surface area contributed by atoms with Crippen LogP contribution in [0.3, 0.4) is 0 Å². The molecule has 0 N–H and O–H groups in total. The molecule has 0 bridgehead atoms. The van der Waals surface area contributed by atoms with Crippen molar-refractivity contribution in [1.29, 1.82) is 0 Å². The third-order valence-electron chi connectivity index (χ3n) is 5.69. The summed E-state index contributed by atoms with van der Waals surface area (Å²) in [4.78, 5) is 31.9. The monoisotopic (exact) mass is 572 g/mol. The average molecular weight is 573 g/mol. The summed E-state index contributed by atoms with van der Waals surface area (Å²) >= 11 is 14.0. The van der Waals surface area contributed by atoms with E-state index in [2.05, 4.69) is 11.6 Å². The average Bonchev–Trinajstić information content (AvgIpc) is 3.17. The number of allylic oxidation sites excluding steroid dienone is 1. The molecule has 0 saturated carbocycles. The van der Waals surface area contributed by atoms with E-state index in [-0.39, 0.29) is 18.8 Å². The van der Waals surface area contributed by atoms with Crippen LogP contribution in [0.1, 0.15) is 37.9 Å². The number of thiazole rings is 1. The molecule has 0 saturated heterocycles. The van der Waals surface area contributed by atoms with Crippen LogP contribution in [-0.2, 0) is 9.53 Å². The van der Waals surface area contributed by atoms with Gasteiger partial charge in [0.05, 0.1) is 45.1 Å². The fraction of sp³-hybridized carbons (Fsp3) is 0.250. The maximum atomic E-state index is 13.8. The highest BCUT2D eigenvalue weighted by molar-refractivity contribution is 7.07. The lowest BCUT2D eigenvalue weighted by molar-refractivity contribution is -0.139. The number of rotatable bonds is 9. The predicted molar refractivity (Wildman–Crippen MR) is 150 cm³/mol. The Hall–Kier alpha value is -3.33. The highest BCUT2D eigenvalue weighted by Gasteiger charge is 2.33. The molecule has 1 aromatic heterocycles. The number of carbonyl (C=O) groups excluding carboxylic acids is 1. The summed E-state index contributed by atoms with van der Waals surface area (Å²) in [6, 6.07) is 9.93. The summed E-state index contributed by atoms with van der Waals surface area (Å²) in [5.74, 6) is 0.518. The van der Waals surface area contributed by atoms with Gasteiger partial charge in [-0.2, -0.15) is 0 Å². The van der Waals surface area contributed by atoms with E-state index < -0.39 is 12.0 Å². The number of nitrogens with zero attached hydrogens (tertiary/aromatic N) is 2. The normalized spacial score (nSPS) is 15.1. The molecular formula is C28H26Cl2N2O5S. The van der Waals surface area contributed by atoms with Crippen LogP contribution in [0.4, 0.5) is 0 Å². The van der Waals surface area contributed by atoms with Gasteiger partial charge in [0, 0.05) is 0 Å². The molecule has 4 rings (SSSR count). The molecule has 0 unspecified atom stereocenters. The van der Waals surface area contributed by atoms with E-state index in [0.29, 0.717) is 54.3 Å². The van der Waals surface area contributed by atoms with Crippen molar-refractivity contribution in [3.05, 3.63) is 101 Å². The molecule has 7 nitrogen and oxygen atoms in total. The van der Waals surface area contributed by atoms with Gasteiger partial charge in [0.1, 0.15) is 12.4 Å². The van der Waals surface area contributed by atoms with Gasteiger partial charge < -0.3 is 14.2 Å². The summed E-state index contributed by atoms with van der Waals surface area (Å²) in [5.41, 5.74) is 1.85. The topological polar surface area (TPSA) is 79.1 Å². The maximum Gasteiger partial charge on any atom is 0.338 e. The Kier molecular flexibility index (Phi) is 8.76. The van der Waals surface area contributed by atoms with E-state index in [1.54, 1.807) is 38.1 Å². The maximum absolute atomic E-state index is 13.8. The first-order chi connectivity index (χ1) is 18.3. The van der Waals surface area contributed by atoms with Crippen LogP contribution in [0, 0.1) is 0 Å². The molecule has 1 aliphatic rings. The Morgan fingerprint density at radius 3 is 2.42 bits per heavy atom. The van der Waals surface area contributed by atoms with Crippen molar-refractivity contribution < 1.29 is 19.0 Å². The van der Waals surface area contributed by atoms with Crippen LogP contribution < -0.4 is 24.4 Å². The first kappa shape index (κ1) is 27.7. The molecule has 2 aromatic carbocycles. The second-order valence-corrected chi connectivity index (χ2v) is 10.0. The summed E-state index contributed by atoms with van der Waals surface area (Å²) in [5, 5.41) is 0.622. The molecule has 198 valence electrons. The van der Waals surface area contributed by atoms with Gasteiger partial charge in [-0.3, -0.25) is 9.36 Å². The lowest BCUT2D eigenvalue weighted by Gasteiger charge is -2.24. The zero-order valence-electron chi connectivity index (χ0n) is 21.1. The lowest BCUT2D eigenvalue weighted by Crippen LogP contribution is -2.39. The van der Waals surface area contributed by atoms with Crippen LogP contribution in [0.5, 0.6) is 11.5 Å². The van der Waals surface area contributed by atoms with Gasteiger partial charge in [-0.25, -0.2) is 9.79 Å². The molecular weight excluding hydrogens is 547 g/mol. The number of hydrogen-bond donors (Lipinski definition) is 0. The number of fused-ring (bicyclic) bond motifs is 1. The Morgan fingerprint density at radius 1 is 1.13 bits per heavy atom. The molecule has 0 radical (unpaired) electrons. The van der Waals surface area contributed by atoms with Crippen LogP contribution >= 0.6 is 34.5 Å². The van der Waals surface area contributed by atoms with E-state index in [4.69, 9.17) is 37.4 Å². The van der Waals surface area contributed by atoms with Gasteiger partial charge in [0.25, 0.3) is 5.56 Å². The second kappa shape index (κ2) is 12.0. The first-order valence-electron chi connectivity index (χ1n) is 11.9. The molecule has 38 heavy (non-hydrogen) atoms. The van der Waals surface area contributed by atoms with Crippen molar-refractivity contribution in [1.82, 2.24) is 4.57 Å². The molecule has 0 amide bonds. The van der Waals surface area contributed by atoms with Crippen molar-refractivity contribution in [2.45, 2.75) is 26.8 Å². The highest BCUT2D eigenvalue weighted by Crippen LogP contribution is 2.35. The summed E-state index contributed by atoms with van der Waals surface area (Å²) in [6.45, 7) is 9.98. The molecule has 0 aliphatic carbocycles. The SMILES string of the molecule is C=CCOc1c(Cl)cc(C=c2sc3n(c2=O)[C@H](c2ccc(OCC)cc2)C(C(=O)OCC)=C(C)N=3)cc1Cl. The van der Waals surface area contributed by atoms with E-state index in [9.17, 15) is 9.59 Å². The Balaban J connectivity index is 1.87. The van der Waals surface area contributed by atoms with Crippen LogP contribution in [0.25, 0.3) is 6.08 Å². The number of carbonyl (C=O) groups is 1. The molecule has 2 heterocycles. The first-order valence-corrected chi connectivity index (χ1v) is 13.5. The van der Waals surface area contributed by atoms with Crippen LogP contribution in [0.2, 0.25) is 10.0 Å². The number of ether oxygens (including phenoxy) is 3. The Bertz CT molecular complexity index is 1570.